The largest absolute Gasteiger partial charge is 0.497 e. The number of para-hydroxylation sites is 2. The van der Waals surface area contributed by atoms with Crippen LogP contribution >= 0.6 is 23.4 Å². The van der Waals surface area contributed by atoms with Crippen LogP contribution in [0.1, 0.15) is 24.2 Å². The third-order valence-electron chi connectivity index (χ3n) is 7.65. The van der Waals surface area contributed by atoms with E-state index in [2.05, 4.69) is 20.9 Å². The highest BCUT2D eigenvalue weighted by atomic mass is 35.5. The molecular formula is C31H37ClN6O4S. The van der Waals surface area contributed by atoms with Gasteiger partial charge < -0.3 is 29.1 Å². The third-order valence-corrected chi connectivity index (χ3v) is 8.68. The first-order chi connectivity index (χ1) is 20.9. The summed E-state index contributed by atoms with van der Waals surface area (Å²) in [5.41, 5.74) is 1.66. The fourth-order valence-corrected chi connectivity index (χ4v) is 6.40. The van der Waals surface area contributed by atoms with Crippen molar-refractivity contribution in [3.63, 3.8) is 0 Å². The van der Waals surface area contributed by atoms with Gasteiger partial charge in [0.15, 0.2) is 5.16 Å². The van der Waals surface area contributed by atoms with E-state index < -0.39 is 0 Å². The van der Waals surface area contributed by atoms with Gasteiger partial charge >= 0.3 is 0 Å². The van der Waals surface area contributed by atoms with E-state index in [4.69, 9.17) is 26.1 Å². The molecule has 0 radical (unpaired) electrons. The fourth-order valence-electron chi connectivity index (χ4n) is 5.41. The molecule has 0 spiro atoms. The van der Waals surface area contributed by atoms with Crippen molar-refractivity contribution in [3.05, 3.63) is 65.3 Å². The predicted octanol–water partition coefficient (Wildman–Crippen LogP) is 4.33. The molecule has 2 saturated heterocycles. The van der Waals surface area contributed by atoms with Gasteiger partial charge in [-0.1, -0.05) is 41.6 Å². The molecule has 5 rings (SSSR count). The standard InChI is InChI=1S/C31H37ClN6O4S/c1-4-42-26-11-6-5-10-25(26)35-12-14-36(15-13-35)29(39)21-43-31-33-27(32)19-28(34-31)37-16-17-38(22(2)20-37)30(40)23-8-7-9-24(18-23)41-3/h5-11,18-19,22H,4,12-17,20-21H2,1-3H3. The van der Waals surface area contributed by atoms with Crippen molar-refractivity contribution in [2.75, 3.05) is 75.1 Å². The van der Waals surface area contributed by atoms with E-state index in [0.29, 0.717) is 66.8 Å². The molecule has 2 aromatic carbocycles. The average molecular weight is 625 g/mol. The van der Waals surface area contributed by atoms with Crippen LogP contribution in [-0.2, 0) is 4.79 Å². The number of hydrogen-bond donors (Lipinski definition) is 0. The number of carbonyl (C=O) groups is 2. The molecule has 0 saturated carbocycles. The smallest absolute Gasteiger partial charge is 0.254 e. The Bertz CT molecular complexity index is 1440. The zero-order chi connectivity index (χ0) is 30.3. The summed E-state index contributed by atoms with van der Waals surface area (Å²) in [7, 11) is 1.59. The van der Waals surface area contributed by atoms with Crippen LogP contribution in [0.25, 0.3) is 0 Å². The topological polar surface area (TPSA) is 91.3 Å². The molecule has 3 heterocycles. The summed E-state index contributed by atoms with van der Waals surface area (Å²) in [5, 5.41) is 0.784. The maximum absolute atomic E-state index is 13.2. The number of methoxy groups -OCH3 is 1. The summed E-state index contributed by atoms with van der Waals surface area (Å²) in [4.78, 5) is 43.5. The molecule has 0 N–H and O–H groups in total. The quantitative estimate of drug-likeness (QED) is 0.196. The Balaban J connectivity index is 1.15. The minimum atomic E-state index is -0.0435. The van der Waals surface area contributed by atoms with E-state index in [-0.39, 0.29) is 23.6 Å². The lowest BCUT2D eigenvalue weighted by Crippen LogP contribution is -2.54. The number of anilines is 2. The number of ether oxygens (including phenoxy) is 2. The molecular weight excluding hydrogens is 588 g/mol. The van der Waals surface area contributed by atoms with Gasteiger partial charge in [0.2, 0.25) is 5.91 Å². The van der Waals surface area contributed by atoms with Gasteiger partial charge in [-0.25, -0.2) is 9.97 Å². The summed E-state index contributed by atoms with van der Waals surface area (Å²) in [5.74, 6) is 2.47. The second kappa shape index (κ2) is 14.2. The highest BCUT2D eigenvalue weighted by molar-refractivity contribution is 7.99. The van der Waals surface area contributed by atoms with E-state index >= 15 is 0 Å². The minimum absolute atomic E-state index is 0.0270. The Labute approximate surface area is 261 Å². The number of amides is 2. The van der Waals surface area contributed by atoms with E-state index in [1.165, 1.54) is 11.8 Å². The second-order valence-electron chi connectivity index (χ2n) is 10.4. The Hall–Kier alpha value is -3.70. The van der Waals surface area contributed by atoms with E-state index in [1.807, 2.05) is 54.0 Å². The molecule has 0 aliphatic carbocycles. The molecule has 1 aromatic heterocycles. The molecule has 0 bridgehead atoms. The Morgan fingerprint density at radius 3 is 2.49 bits per heavy atom. The second-order valence-corrected chi connectivity index (χ2v) is 11.7. The third kappa shape index (κ3) is 7.45. The summed E-state index contributed by atoms with van der Waals surface area (Å²) in [6, 6.07) is 16.9. The molecule has 1 atom stereocenters. The van der Waals surface area contributed by atoms with Gasteiger partial charge in [0, 0.05) is 63.5 Å². The molecule has 2 aliphatic rings. The van der Waals surface area contributed by atoms with E-state index in [0.717, 1.165) is 24.5 Å². The highest BCUT2D eigenvalue weighted by Gasteiger charge is 2.30. The Morgan fingerprint density at radius 1 is 0.977 bits per heavy atom. The van der Waals surface area contributed by atoms with Crippen LogP contribution < -0.4 is 19.3 Å². The maximum atomic E-state index is 13.2. The van der Waals surface area contributed by atoms with Crippen LogP contribution in [0.3, 0.4) is 0 Å². The lowest BCUT2D eigenvalue weighted by molar-refractivity contribution is -0.128. The Morgan fingerprint density at radius 2 is 1.74 bits per heavy atom. The van der Waals surface area contributed by atoms with Crippen molar-refractivity contribution >= 4 is 46.7 Å². The first-order valence-electron chi connectivity index (χ1n) is 14.5. The van der Waals surface area contributed by atoms with Crippen LogP contribution in [0, 0.1) is 0 Å². The summed E-state index contributed by atoms with van der Waals surface area (Å²) >= 11 is 7.68. The van der Waals surface area contributed by atoms with Gasteiger partial charge in [-0.15, -0.1) is 0 Å². The number of benzene rings is 2. The molecule has 12 heteroatoms. The maximum Gasteiger partial charge on any atom is 0.254 e. The van der Waals surface area contributed by atoms with Crippen LogP contribution in [0.5, 0.6) is 11.5 Å². The first-order valence-corrected chi connectivity index (χ1v) is 15.8. The molecule has 10 nitrogen and oxygen atoms in total. The molecule has 43 heavy (non-hydrogen) atoms. The van der Waals surface area contributed by atoms with Gasteiger partial charge in [-0.05, 0) is 44.2 Å². The number of carbonyl (C=O) groups excluding carboxylic acids is 2. The minimum Gasteiger partial charge on any atom is -0.497 e. The zero-order valence-electron chi connectivity index (χ0n) is 24.7. The number of hydrogen-bond acceptors (Lipinski definition) is 9. The molecule has 1 unspecified atom stereocenters. The fraction of sp³-hybridized carbons (Fsp3) is 0.419. The van der Waals surface area contributed by atoms with Crippen molar-refractivity contribution in [1.29, 1.82) is 0 Å². The van der Waals surface area contributed by atoms with E-state index in [9.17, 15) is 9.59 Å². The van der Waals surface area contributed by atoms with Gasteiger partial charge in [0.05, 0.1) is 25.2 Å². The predicted molar refractivity (Wildman–Crippen MR) is 170 cm³/mol. The number of thioether (sulfide) groups is 1. The lowest BCUT2D eigenvalue weighted by atomic mass is 10.1. The van der Waals surface area contributed by atoms with Gasteiger partial charge in [-0.3, -0.25) is 9.59 Å². The number of rotatable bonds is 9. The summed E-state index contributed by atoms with van der Waals surface area (Å²) < 4.78 is 11.1. The van der Waals surface area contributed by atoms with Crippen LogP contribution in [0.4, 0.5) is 11.5 Å². The lowest BCUT2D eigenvalue weighted by Gasteiger charge is -2.40. The van der Waals surface area contributed by atoms with Crippen molar-refractivity contribution < 1.29 is 19.1 Å². The number of nitrogens with zero attached hydrogens (tertiary/aromatic N) is 6. The van der Waals surface area contributed by atoms with Gasteiger partial charge in [0.25, 0.3) is 5.91 Å². The molecule has 3 aromatic rings. The zero-order valence-corrected chi connectivity index (χ0v) is 26.3. The Kier molecular flexibility index (Phi) is 10.1. The van der Waals surface area contributed by atoms with Crippen LogP contribution in [0.2, 0.25) is 5.15 Å². The number of piperazine rings is 2. The van der Waals surface area contributed by atoms with Crippen molar-refractivity contribution in [1.82, 2.24) is 19.8 Å². The number of halogens is 1. The number of aromatic nitrogens is 2. The van der Waals surface area contributed by atoms with Gasteiger partial charge in [0.1, 0.15) is 22.5 Å². The SMILES string of the molecule is CCOc1ccccc1N1CCN(C(=O)CSc2nc(Cl)cc(N3CCN(C(=O)c4cccc(OC)c4)C(C)C3)n2)CC1. The monoisotopic (exact) mass is 624 g/mol. The van der Waals surface area contributed by atoms with Crippen LogP contribution in [0.15, 0.2) is 59.8 Å². The van der Waals surface area contributed by atoms with Gasteiger partial charge in [-0.2, -0.15) is 0 Å². The van der Waals surface area contributed by atoms with E-state index in [1.54, 1.807) is 25.3 Å². The molecule has 2 aliphatic heterocycles. The van der Waals surface area contributed by atoms with Crippen molar-refractivity contribution in [2.45, 2.75) is 25.0 Å². The first kappa shape index (κ1) is 30.7. The normalized spacial score (nSPS) is 17.2. The average Bonchev–Trinajstić information content (AvgIpc) is 3.03. The summed E-state index contributed by atoms with van der Waals surface area (Å²) in [6.45, 7) is 9.11. The molecule has 2 amide bonds. The summed E-state index contributed by atoms with van der Waals surface area (Å²) in [6.07, 6.45) is 0. The molecule has 228 valence electrons. The van der Waals surface area contributed by atoms with Crippen LogP contribution in [-0.4, -0.2) is 103 Å². The highest BCUT2D eigenvalue weighted by Crippen LogP contribution is 2.29. The van der Waals surface area contributed by atoms with Crippen molar-refractivity contribution in [3.8, 4) is 11.5 Å². The molecule has 2 fully saturated rings. The van der Waals surface area contributed by atoms with Crippen molar-refractivity contribution in [2.24, 2.45) is 0 Å².